The number of nitrogens with zero attached hydrogens (tertiary/aromatic N) is 1. The molecule has 2 heterocycles. The molecule has 1 amide bonds. The summed E-state index contributed by atoms with van der Waals surface area (Å²) in [6, 6.07) is 5.14. The van der Waals surface area contributed by atoms with Crippen molar-refractivity contribution < 1.29 is 13.2 Å². The van der Waals surface area contributed by atoms with Gasteiger partial charge in [-0.1, -0.05) is 19.9 Å². The van der Waals surface area contributed by atoms with Crippen molar-refractivity contribution in [2.45, 2.75) is 45.8 Å². The Labute approximate surface area is 138 Å². The maximum atomic E-state index is 13.0. The minimum absolute atomic E-state index is 0.0247. The summed E-state index contributed by atoms with van der Waals surface area (Å²) in [5.41, 5.74) is 2.96. The van der Waals surface area contributed by atoms with Gasteiger partial charge in [0.25, 0.3) is 0 Å². The molecule has 2 saturated heterocycles. The lowest BCUT2D eigenvalue weighted by Gasteiger charge is -2.43. The van der Waals surface area contributed by atoms with Gasteiger partial charge in [-0.2, -0.15) is 0 Å². The number of carbonyl (C=O) groups is 1. The molecule has 3 atom stereocenters. The van der Waals surface area contributed by atoms with Crippen LogP contribution in [0, 0.1) is 19.8 Å². The van der Waals surface area contributed by atoms with Crippen LogP contribution in [0.2, 0.25) is 0 Å². The minimum Gasteiger partial charge on any atom is -0.305 e. The molecule has 0 radical (unpaired) electrons. The van der Waals surface area contributed by atoms with Gasteiger partial charge in [-0.25, -0.2) is 8.42 Å². The van der Waals surface area contributed by atoms with Crippen molar-refractivity contribution in [3.63, 3.8) is 0 Å². The van der Waals surface area contributed by atoms with Crippen LogP contribution in [0.1, 0.15) is 25.0 Å². The highest BCUT2D eigenvalue weighted by Gasteiger charge is 2.50. The van der Waals surface area contributed by atoms with Gasteiger partial charge in [0, 0.05) is 11.7 Å². The molecule has 0 bridgehead atoms. The third kappa shape index (κ3) is 3.02. The summed E-state index contributed by atoms with van der Waals surface area (Å²) >= 11 is 0. The van der Waals surface area contributed by atoms with E-state index in [4.69, 9.17) is 0 Å². The van der Waals surface area contributed by atoms with Gasteiger partial charge >= 0.3 is 0 Å². The molecule has 5 nitrogen and oxygen atoms in total. The summed E-state index contributed by atoms with van der Waals surface area (Å²) in [7, 11) is -3.12. The van der Waals surface area contributed by atoms with E-state index in [9.17, 15) is 13.2 Å². The Morgan fingerprint density at radius 1 is 1.13 bits per heavy atom. The van der Waals surface area contributed by atoms with Gasteiger partial charge in [-0.05, 0) is 43.0 Å². The molecular formula is C17H24N2O3S. The number of hydrogen-bond acceptors (Lipinski definition) is 4. The molecule has 0 aromatic heterocycles. The van der Waals surface area contributed by atoms with Crippen LogP contribution in [0.5, 0.6) is 0 Å². The number of sulfone groups is 1. The first-order valence-corrected chi connectivity index (χ1v) is 9.88. The van der Waals surface area contributed by atoms with E-state index < -0.39 is 9.84 Å². The minimum atomic E-state index is -3.12. The number of benzene rings is 1. The molecule has 6 heteroatoms. The molecule has 2 fully saturated rings. The van der Waals surface area contributed by atoms with Gasteiger partial charge in [0.1, 0.15) is 0 Å². The first-order valence-electron chi connectivity index (χ1n) is 8.06. The fraction of sp³-hybridized carbons (Fsp3) is 0.588. The fourth-order valence-corrected chi connectivity index (χ4v) is 5.65. The van der Waals surface area contributed by atoms with Crippen LogP contribution in [0.3, 0.4) is 0 Å². The zero-order valence-corrected chi connectivity index (χ0v) is 14.9. The number of fused-ring (bicyclic) bond motifs is 1. The van der Waals surface area contributed by atoms with E-state index in [2.05, 4.69) is 11.4 Å². The highest BCUT2D eigenvalue weighted by Crippen LogP contribution is 2.31. The molecule has 2 aliphatic heterocycles. The SMILES string of the molecule is Cc1cc(C)cc(N2C(=O)[C@H](C(C)C)N[C@@H]3CS(=O)(=O)C[C@@H]32)c1. The molecule has 2 aliphatic rings. The number of amides is 1. The van der Waals surface area contributed by atoms with Crippen LogP contribution in [0.25, 0.3) is 0 Å². The smallest absolute Gasteiger partial charge is 0.244 e. The zero-order valence-electron chi connectivity index (χ0n) is 14.0. The number of carbonyl (C=O) groups excluding carboxylic acids is 1. The Kier molecular flexibility index (Phi) is 4.01. The fourth-order valence-electron chi connectivity index (χ4n) is 3.74. The topological polar surface area (TPSA) is 66.5 Å². The number of hydrogen-bond donors (Lipinski definition) is 1. The van der Waals surface area contributed by atoms with E-state index in [0.717, 1.165) is 16.8 Å². The van der Waals surface area contributed by atoms with Crippen LogP contribution in [0.4, 0.5) is 5.69 Å². The second-order valence-corrected chi connectivity index (χ2v) is 9.35. The summed E-state index contributed by atoms with van der Waals surface area (Å²) in [6.07, 6.45) is 0. The largest absolute Gasteiger partial charge is 0.305 e. The molecule has 0 aliphatic carbocycles. The summed E-state index contributed by atoms with van der Waals surface area (Å²) in [4.78, 5) is 14.7. The van der Waals surface area contributed by atoms with Crippen LogP contribution < -0.4 is 10.2 Å². The number of nitrogens with one attached hydrogen (secondary N) is 1. The molecule has 23 heavy (non-hydrogen) atoms. The van der Waals surface area contributed by atoms with E-state index in [1.807, 2.05) is 39.8 Å². The Balaban J connectivity index is 2.08. The van der Waals surface area contributed by atoms with Gasteiger partial charge in [0.05, 0.1) is 23.6 Å². The lowest BCUT2D eigenvalue weighted by Crippen LogP contribution is -2.66. The highest BCUT2D eigenvalue weighted by molar-refractivity contribution is 7.91. The second-order valence-electron chi connectivity index (χ2n) is 7.19. The van der Waals surface area contributed by atoms with Crippen molar-refractivity contribution >= 4 is 21.4 Å². The maximum Gasteiger partial charge on any atom is 0.244 e. The summed E-state index contributed by atoms with van der Waals surface area (Å²) in [5, 5.41) is 3.28. The van der Waals surface area contributed by atoms with E-state index in [1.54, 1.807) is 4.90 Å². The van der Waals surface area contributed by atoms with Crippen molar-refractivity contribution in [1.29, 1.82) is 0 Å². The molecule has 0 unspecified atom stereocenters. The Morgan fingerprint density at radius 2 is 1.74 bits per heavy atom. The number of rotatable bonds is 2. The average Bonchev–Trinajstić information content (AvgIpc) is 2.70. The van der Waals surface area contributed by atoms with Crippen molar-refractivity contribution in [3.8, 4) is 0 Å². The van der Waals surface area contributed by atoms with Crippen LogP contribution in [-0.4, -0.2) is 44.0 Å². The maximum absolute atomic E-state index is 13.0. The number of anilines is 1. The van der Waals surface area contributed by atoms with Crippen LogP contribution in [-0.2, 0) is 14.6 Å². The molecular weight excluding hydrogens is 312 g/mol. The van der Waals surface area contributed by atoms with Crippen LogP contribution in [0.15, 0.2) is 18.2 Å². The van der Waals surface area contributed by atoms with Gasteiger partial charge in [-0.3, -0.25) is 10.1 Å². The molecule has 0 spiro atoms. The molecule has 1 aromatic rings. The molecule has 126 valence electrons. The van der Waals surface area contributed by atoms with Gasteiger partial charge in [0.15, 0.2) is 9.84 Å². The third-order valence-corrected chi connectivity index (χ3v) is 6.42. The molecule has 1 N–H and O–H groups in total. The summed E-state index contributed by atoms with van der Waals surface area (Å²) in [6.45, 7) is 7.95. The van der Waals surface area contributed by atoms with E-state index >= 15 is 0 Å². The van der Waals surface area contributed by atoms with Gasteiger partial charge in [-0.15, -0.1) is 0 Å². The first-order chi connectivity index (χ1) is 10.7. The lowest BCUT2D eigenvalue weighted by molar-refractivity contribution is -0.123. The average molecular weight is 336 g/mol. The summed E-state index contributed by atoms with van der Waals surface area (Å²) in [5.74, 6) is 0.229. The van der Waals surface area contributed by atoms with Crippen molar-refractivity contribution in [1.82, 2.24) is 5.32 Å². The normalized spacial score (nSPS) is 29.9. The van der Waals surface area contributed by atoms with Crippen molar-refractivity contribution in [2.75, 3.05) is 16.4 Å². The van der Waals surface area contributed by atoms with Crippen molar-refractivity contribution in [3.05, 3.63) is 29.3 Å². The highest BCUT2D eigenvalue weighted by atomic mass is 32.2. The van der Waals surface area contributed by atoms with Gasteiger partial charge < -0.3 is 4.90 Å². The van der Waals surface area contributed by atoms with Crippen LogP contribution >= 0.6 is 0 Å². The third-order valence-electron chi connectivity index (χ3n) is 4.70. The predicted molar refractivity (Wildman–Crippen MR) is 91.4 cm³/mol. The van der Waals surface area contributed by atoms with E-state index in [1.165, 1.54) is 0 Å². The van der Waals surface area contributed by atoms with E-state index in [-0.39, 0.29) is 41.5 Å². The number of aryl methyl sites for hydroxylation is 2. The Hall–Kier alpha value is -1.40. The molecule has 0 saturated carbocycles. The quantitative estimate of drug-likeness (QED) is 0.887. The summed E-state index contributed by atoms with van der Waals surface area (Å²) < 4.78 is 24.2. The first kappa shape index (κ1) is 16.5. The predicted octanol–water partition coefficient (Wildman–Crippen LogP) is 1.43. The Bertz CT molecular complexity index is 722. The standard InChI is InChI=1S/C17H24N2O3S/c1-10(2)16-17(20)19(13-6-11(3)5-12(4)7-13)15-9-23(21,22)8-14(15)18-16/h5-7,10,14-16,18H,8-9H2,1-4H3/t14-,15+,16+/m1/s1. The van der Waals surface area contributed by atoms with E-state index in [0.29, 0.717) is 0 Å². The second kappa shape index (κ2) is 5.60. The number of piperazine rings is 1. The van der Waals surface area contributed by atoms with Crippen molar-refractivity contribution in [2.24, 2.45) is 5.92 Å². The molecule has 3 rings (SSSR count). The lowest BCUT2D eigenvalue weighted by atomic mass is 9.94. The van der Waals surface area contributed by atoms with Gasteiger partial charge in [0.2, 0.25) is 5.91 Å². The molecule has 1 aromatic carbocycles. The Morgan fingerprint density at radius 3 is 2.30 bits per heavy atom. The zero-order chi connectivity index (χ0) is 16.9. The monoisotopic (exact) mass is 336 g/mol.